The second-order valence-corrected chi connectivity index (χ2v) is 7.53. The van der Waals surface area contributed by atoms with E-state index in [1.807, 2.05) is 48.7 Å². The Hall–Kier alpha value is -3.50. The Balaban J connectivity index is 2.11. The average Bonchev–Trinajstić information content (AvgIpc) is 3.27. The van der Waals surface area contributed by atoms with Crippen molar-refractivity contribution in [3.8, 4) is 17.1 Å². The van der Waals surface area contributed by atoms with Crippen molar-refractivity contribution in [2.45, 2.75) is 13.5 Å². The molecule has 0 radical (unpaired) electrons. The Bertz CT molecular complexity index is 1170. The minimum absolute atomic E-state index is 0.388. The Morgan fingerprint density at radius 3 is 2.45 bits per heavy atom. The van der Waals surface area contributed by atoms with Gasteiger partial charge in [0.1, 0.15) is 16.5 Å². The molecule has 172 valence electrons. The molecular weight excluding hydrogens is 444 g/mol. The van der Waals surface area contributed by atoms with Gasteiger partial charge in [0.05, 0.1) is 26.5 Å². The van der Waals surface area contributed by atoms with Gasteiger partial charge in [0.15, 0.2) is 0 Å². The molecule has 0 N–H and O–H groups in total. The van der Waals surface area contributed by atoms with E-state index in [0.717, 1.165) is 16.7 Å². The lowest BCUT2D eigenvalue weighted by atomic mass is 10.1. The van der Waals surface area contributed by atoms with Crippen molar-refractivity contribution in [3.63, 3.8) is 0 Å². The van der Waals surface area contributed by atoms with Gasteiger partial charge in [-0.05, 0) is 54.3 Å². The number of aryl methyl sites for hydroxylation is 1. The molecule has 0 aliphatic carbocycles. The molecule has 0 saturated carbocycles. The summed E-state index contributed by atoms with van der Waals surface area (Å²) in [7, 11) is 4.48. The van der Waals surface area contributed by atoms with E-state index in [0.29, 0.717) is 40.5 Å². The number of carbonyl (C=O) groups excluding carboxylic acids is 1. The van der Waals surface area contributed by atoms with E-state index >= 15 is 0 Å². The summed E-state index contributed by atoms with van der Waals surface area (Å²) in [5.41, 5.74) is 3.55. The van der Waals surface area contributed by atoms with Crippen molar-refractivity contribution >= 4 is 34.3 Å². The Morgan fingerprint density at radius 1 is 1.12 bits per heavy atom. The zero-order valence-electron chi connectivity index (χ0n) is 19.0. The van der Waals surface area contributed by atoms with Crippen LogP contribution in [0.25, 0.3) is 11.4 Å². The normalized spacial score (nSPS) is 12.0. The molecule has 0 aliphatic heterocycles. The first-order chi connectivity index (χ1) is 16.0. The molecule has 1 aromatic heterocycles. The standard InChI is InChI=1S/C23H24N4O5S/c1-14-24-21(27-32-14)16-6-8-18(9-7-16)25-20(22(33-5)26-23(28)31-4)17-10-15(13-29-2)11-19(12-17)30-3/h6-12H,13H2,1-5H3. The number of hydrogen-bond acceptors (Lipinski definition) is 9. The fourth-order valence-corrected chi connectivity index (χ4v) is 3.48. The van der Waals surface area contributed by atoms with Gasteiger partial charge in [-0.1, -0.05) is 5.16 Å². The van der Waals surface area contributed by atoms with E-state index in [4.69, 9.17) is 23.7 Å². The second-order valence-electron chi connectivity index (χ2n) is 6.74. The van der Waals surface area contributed by atoms with E-state index in [1.54, 1.807) is 21.1 Å². The maximum absolute atomic E-state index is 11.9. The van der Waals surface area contributed by atoms with E-state index in [9.17, 15) is 4.79 Å². The van der Waals surface area contributed by atoms with E-state index < -0.39 is 6.09 Å². The van der Waals surface area contributed by atoms with Gasteiger partial charge in [0.25, 0.3) is 0 Å². The molecule has 0 fully saturated rings. The first-order valence-corrected chi connectivity index (χ1v) is 11.1. The van der Waals surface area contributed by atoms with Crippen LogP contribution in [0, 0.1) is 6.92 Å². The van der Waals surface area contributed by atoms with E-state index in [1.165, 1.54) is 18.9 Å². The monoisotopic (exact) mass is 468 g/mol. The van der Waals surface area contributed by atoms with Crippen molar-refractivity contribution in [2.75, 3.05) is 27.6 Å². The number of ether oxygens (including phenoxy) is 3. The molecule has 10 heteroatoms. The van der Waals surface area contributed by atoms with Gasteiger partial charge in [-0.15, -0.1) is 11.8 Å². The van der Waals surface area contributed by atoms with E-state index in [2.05, 4.69) is 15.1 Å². The third-order valence-electron chi connectivity index (χ3n) is 4.44. The minimum atomic E-state index is -0.713. The molecule has 0 bridgehead atoms. The number of rotatable bonds is 7. The Kier molecular flexibility index (Phi) is 8.34. The molecular formula is C23H24N4O5S. The van der Waals surface area contributed by atoms with Crippen molar-refractivity contribution in [1.82, 2.24) is 10.1 Å². The van der Waals surface area contributed by atoms with Gasteiger partial charge in [-0.25, -0.2) is 9.79 Å². The molecule has 0 spiro atoms. The fourth-order valence-electron chi connectivity index (χ4n) is 2.96. The van der Waals surface area contributed by atoms with Crippen LogP contribution >= 0.6 is 11.8 Å². The average molecular weight is 469 g/mol. The summed E-state index contributed by atoms with van der Waals surface area (Å²) in [5.74, 6) is 1.62. The molecule has 0 atom stereocenters. The highest BCUT2D eigenvalue weighted by Gasteiger charge is 2.17. The summed E-state index contributed by atoms with van der Waals surface area (Å²) in [5, 5.41) is 4.33. The largest absolute Gasteiger partial charge is 0.497 e. The van der Waals surface area contributed by atoms with Gasteiger partial charge in [-0.2, -0.15) is 9.98 Å². The Morgan fingerprint density at radius 2 is 1.88 bits per heavy atom. The predicted octanol–water partition coefficient (Wildman–Crippen LogP) is 4.85. The van der Waals surface area contributed by atoms with Crippen LogP contribution < -0.4 is 4.74 Å². The van der Waals surface area contributed by atoms with Crippen LogP contribution in [0.3, 0.4) is 0 Å². The summed E-state index contributed by atoms with van der Waals surface area (Å²) in [6, 6.07) is 13.0. The highest BCUT2D eigenvalue weighted by molar-refractivity contribution is 8.15. The summed E-state index contributed by atoms with van der Waals surface area (Å²) in [6.45, 7) is 2.12. The molecule has 33 heavy (non-hydrogen) atoms. The zero-order valence-corrected chi connectivity index (χ0v) is 19.8. The number of amides is 1. The fraction of sp³-hybridized carbons (Fsp3) is 0.261. The number of nitrogens with zero attached hydrogens (tertiary/aromatic N) is 4. The summed E-state index contributed by atoms with van der Waals surface area (Å²) in [4.78, 5) is 25.0. The number of carbonyl (C=O) groups is 1. The molecule has 0 unspecified atom stereocenters. The van der Waals surface area contributed by atoms with E-state index in [-0.39, 0.29) is 0 Å². The maximum atomic E-state index is 11.9. The highest BCUT2D eigenvalue weighted by atomic mass is 32.2. The quantitative estimate of drug-likeness (QED) is 0.358. The lowest BCUT2D eigenvalue weighted by molar-refractivity contribution is 0.182. The smallest absolute Gasteiger partial charge is 0.434 e. The van der Waals surface area contributed by atoms with Crippen molar-refractivity contribution in [2.24, 2.45) is 9.98 Å². The van der Waals surface area contributed by atoms with Gasteiger partial charge in [0.2, 0.25) is 11.7 Å². The first-order valence-electron chi connectivity index (χ1n) is 9.85. The lowest BCUT2D eigenvalue weighted by Crippen LogP contribution is -2.15. The van der Waals surface area contributed by atoms with Crippen LogP contribution in [0.15, 0.2) is 57.0 Å². The van der Waals surface area contributed by atoms with Crippen molar-refractivity contribution < 1.29 is 23.5 Å². The molecule has 0 aliphatic rings. The first kappa shape index (κ1) is 24.1. The van der Waals surface area contributed by atoms with Crippen LogP contribution in [0.5, 0.6) is 5.75 Å². The number of thioether (sulfide) groups is 1. The number of hydrogen-bond donors (Lipinski definition) is 0. The van der Waals surface area contributed by atoms with Gasteiger partial charge in [-0.3, -0.25) is 0 Å². The van der Waals surface area contributed by atoms with Crippen LogP contribution in [0.1, 0.15) is 17.0 Å². The molecule has 1 amide bonds. The minimum Gasteiger partial charge on any atom is -0.497 e. The van der Waals surface area contributed by atoms with Gasteiger partial charge in [0, 0.05) is 25.2 Å². The van der Waals surface area contributed by atoms with Crippen molar-refractivity contribution in [3.05, 3.63) is 59.5 Å². The third-order valence-corrected chi connectivity index (χ3v) is 5.12. The zero-order chi connectivity index (χ0) is 23.8. The van der Waals surface area contributed by atoms with Crippen LogP contribution in [0.4, 0.5) is 10.5 Å². The summed E-state index contributed by atoms with van der Waals surface area (Å²) >= 11 is 1.29. The maximum Gasteiger partial charge on any atom is 0.434 e. The van der Waals surface area contributed by atoms with Crippen LogP contribution in [-0.2, 0) is 16.1 Å². The second kappa shape index (κ2) is 11.4. The molecule has 2 aromatic carbocycles. The van der Waals surface area contributed by atoms with Gasteiger partial charge < -0.3 is 18.7 Å². The number of aromatic nitrogens is 2. The Labute approximate surface area is 195 Å². The lowest BCUT2D eigenvalue weighted by Gasteiger charge is -2.12. The van der Waals surface area contributed by atoms with Crippen LogP contribution in [0.2, 0.25) is 0 Å². The molecule has 0 saturated heterocycles. The SMILES string of the molecule is COCc1cc(OC)cc(C(=Nc2ccc(-c3noc(C)n3)cc2)C(=NC(=O)OC)SC)c1. The topological polar surface area (TPSA) is 108 Å². The number of aliphatic imine (C=N–C) groups is 2. The summed E-state index contributed by atoms with van der Waals surface area (Å²) < 4.78 is 20.5. The van der Waals surface area contributed by atoms with Crippen molar-refractivity contribution in [1.29, 1.82) is 0 Å². The third kappa shape index (κ3) is 6.27. The predicted molar refractivity (Wildman–Crippen MR) is 128 cm³/mol. The molecule has 3 aromatic rings. The summed E-state index contributed by atoms with van der Waals surface area (Å²) in [6.07, 6.45) is 1.10. The molecule has 9 nitrogen and oxygen atoms in total. The molecule has 1 heterocycles. The highest BCUT2D eigenvalue weighted by Crippen LogP contribution is 2.25. The van der Waals surface area contributed by atoms with Crippen LogP contribution in [-0.4, -0.2) is 54.6 Å². The molecule has 3 rings (SSSR count). The van der Waals surface area contributed by atoms with Gasteiger partial charge >= 0.3 is 6.09 Å². The number of methoxy groups -OCH3 is 3. The number of benzene rings is 2.